The summed E-state index contributed by atoms with van der Waals surface area (Å²) >= 11 is 0. The molecule has 0 spiro atoms. The van der Waals surface area contributed by atoms with Crippen LogP contribution in [0.25, 0.3) is 0 Å². The van der Waals surface area contributed by atoms with Gasteiger partial charge in [0.05, 0.1) is 18.8 Å². The first kappa shape index (κ1) is 19.4. The summed E-state index contributed by atoms with van der Waals surface area (Å²) in [4.78, 5) is 2.21. The first-order valence-corrected chi connectivity index (χ1v) is 10.2. The summed E-state index contributed by atoms with van der Waals surface area (Å²) in [5.74, 6) is 0.428. The first-order chi connectivity index (χ1) is 13.7. The maximum absolute atomic E-state index is 13.0. The van der Waals surface area contributed by atoms with Gasteiger partial charge in [-0.1, -0.05) is 24.3 Å². The number of aliphatic hydroxyl groups is 1. The minimum atomic E-state index is -0.515. The Labute approximate surface area is 165 Å². The Hall–Kier alpha value is -1.95. The fourth-order valence-electron chi connectivity index (χ4n) is 4.23. The maximum Gasteiger partial charge on any atom is 0.123 e. The third kappa shape index (κ3) is 4.90. The van der Waals surface area contributed by atoms with Crippen molar-refractivity contribution in [3.63, 3.8) is 0 Å². The van der Waals surface area contributed by atoms with Gasteiger partial charge in [0.25, 0.3) is 0 Å². The summed E-state index contributed by atoms with van der Waals surface area (Å²) in [6.07, 6.45) is 3.81. The highest BCUT2D eigenvalue weighted by molar-refractivity contribution is 5.31. The number of likely N-dealkylation sites (tertiary alicyclic amines) is 1. The molecule has 2 unspecified atom stereocenters. The summed E-state index contributed by atoms with van der Waals surface area (Å²) in [7, 11) is 0. The van der Waals surface area contributed by atoms with Gasteiger partial charge < -0.3 is 14.6 Å². The fraction of sp³-hybridized carbons (Fsp3) is 0.478. The number of ether oxygens (including phenoxy) is 2. The molecule has 4 rings (SSSR count). The zero-order chi connectivity index (χ0) is 19.3. The molecule has 28 heavy (non-hydrogen) atoms. The van der Waals surface area contributed by atoms with E-state index in [1.807, 2.05) is 0 Å². The number of hydrogen-bond donors (Lipinski definition) is 1. The highest BCUT2D eigenvalue weighted by atomic mass is 19.1. The number of halogens is 1. The van der Waals surface area contributed by atoms with Crippen LogP contribution in [-0.4, -0.2) is 48.5 Å². The van der Waals surface area contributed by atoms with Crippen molar-refractivity contribution in [3.8, 4) is 5.75 Å². The van der Waals surface area contributed by atoms with E-state index in [2.05, 4.69) is 29.2 Å². The van der Waals surface area contributed by atoms with E-state index in [0.717, 1.165) is 38.8 Å². The molecular weight excluding hydrogens is 357 g/mol. The number of fused-ring (bicyclic) bond motifs is 1. The van der Waals surface area contributed by atoms with Crippen molar-refractivity contribution in [2.45, 2.75) is 44.0 Å². The summed E-state index contributed by atoms with van der Waals surface area (Å²) in [6, 6.07) is 14.6. The number of nitrogens with zero attached hydrogens (tertiary/aromatic N) is 1. The van der Waals surface area contributed by atoms with Crippen LogP contribution >= 0.6 is 0 Å². The average molecular weight is 385 g/mol. The van der Waals surface area contributed by atoms with Gasteiger partial charge in [0.1, 0.15) is 17.7 Å². The molecule has 2 aliphatic rings. The topological polar surface area (TPSA) is 41.9 Å². The van der Waals surface area contributed by atoms with Gasteiger partial charge in [-0.15, -0.1) is 0 Å². The van der Waals surface area contributed by atoms with E-state index in [4.69, 9.17) is 9.47 Å². The van der Waals surface area contributed by atoms with Crippen LogP contribution < -0.4 is 4.74 Å². The molecule has 2 aromatic rings. The van der Waals surface area contributed by atoms with Crippen LogP contribution in [0.4, 0.5) is 4.39 Å². The molecule has 1 fully saturated rings. The van der Waals surface area contributed by atoms with Crippen LogP contribution in [0.5, 0.6) is 5.75 Å². The molecule has 3 atom stereocenters. The number of hydrogen-bond acceptors (Lipinski definition) is 4. The van der Waals surface area contributed by atoms with Gasteiger partial charge in [-0.3, -0.25) is 4.90 Å². The zero-order valence-corrected chi connectivity index (χ0v) is 16.1. The molecule has 0 radical (unpaired) electrons. The predicted molar refractivity (Wildman–Crippen MR) is 106 cm³/mol. The second kappa shape index (κ2) is 9.03. The summed E-state index contributed by atoms with van der Waals surface area (Å²) < 4.78 is 25.0. The van der Waals surface area contributed by atoms with Crippen LogP contribution in [-0.2, 0) is 11.2 Å². The molecule has 1 aliphatic carbocycles. The lowest BCUT2D eigenvalue weighted by molar-refractivity contribution is -0.0268. The molecule has 0 aromatic heterocycles. The normalized spacial score (nSPS) is 23.4. The fourth-order valence-corrected chi connectivity index (χ4v) is 4.23. The van der Waals surface area contributed by atoms with Gasteiger partial charge in [0, 0.05) is 19.6 Å². The van der Waals surface area contributed by atoms with Gasteiger partial charge in [-0.2, -0.15) is 0 Å². The second-order valence-corrected chi connectivity index (χ2v) is 7.81. The Morgan fingerprint density at radius 2 is 1.93 bits per heavy atom. The van der Waals surface area contributed by atoms with E-state index in [0.29, 0.717) is 18.9 Å². The SMILES string of the molecule is OC(CO[C@H]1CCCc2ccccc21)CN1CCC(Oc2ccc(F)cc2)C1. The summed E-state index contributed by atoms with van der Waals surface area (Å²) in [6.45, 7) is 2.58. The lowest BCUT2D eigenvalue weighted by Gasteiger charge is -2.27. The van der Waals surface area contributed by atoms with Crippen molar-refractivity contribution in [2.75, 3.05) is 26.2 Å². The van der Waals surface area contributed by atoms with Gasteiger partial charge in [0.15, 0.2) is 0 Å². The van der Waals surface area contributed by atoms with E-state index < -0.39 is 6.10 Å². The van der Waals surface area contributed by atoms with Crippen molar-refractivity contribution in [2.24, 2.45) is 0 Å². The smallest absolute Gasteiger partial charge is 0.123 e. The van der Waals surface area contributed by atoms with E-state index in [1.54, 1.807) is 12.1 Å². The van der Waals surface area contributed by atoms with Crippen molar-refractivity contribution < 1.29 is 19.0 Å². The van der Waals surface area contributed by atoms with Gasteiger partial charge in [-0.25, -0.2) is 4.39 Å². The van der Waals surface area contributed by atoms with E-state index in [-0.39, 0.29) is 18.0 Å². The highest BCUT2D eigenvalue weighted by Crippen LogP contribution is 2.32. The minimum Gasteiger partial charge on any atom is -0.489 e. The van der Waals surface area contributed by atoms with Gasteiger partial charge >= 0.3 is 0 Å². The highest BCUT2D eigenvalue weighted by Gasteiger charge is 2.27. The number of β-amino-alcohol motifs (C(OH)–C–C–N with tert-alkyl or cyclic N) is 1. The molecule has 1 heterocycles. The number of aryl methyl sites for hydroxylation is 1. The molecular formula is C23H28FNO3. The van der Waals surface area contributed by atoms with Crippen LogP contribution in [0.2, 0.25) is 0 Å². The van der Waals surface area contributed by atoms with Gasteiger partial charge in [0.2, 0.25) is 0 Å². The third-order valence-corrected chi connectivity index (χ3v) is 5.62. The van der Waals surface area contributed by atoms with Crippen LogP contribution in [0.1, 0.15) is 36.5 Å². The standard InChI is InChI=1S/C23H28FNO3/c24-18-8-10-20(11-9-18)28-21-12-13-25(15-21)14-19(26)16-27-23-7-3-5-17-4-1-2-6-22(17)23/h1-2,4,6,8-11,19,21,23,26H,3,5,7,12-16H2/t19?,21?,23-/m0/s1. The van der Waals surface area contributed by atoms with E-state index in [1.165, 1.54) is 23.3 Å². The molecule has 4 nitrogen and oxygen atoms in total. The predicted octanol–water partition coefficient (Wildman–Crippen LogP) is 3.73. The van der Waals surface area contributed by atoms with E-state index >= 15 is 0 Å². The Morgan fingerprint density at radius 1 is 1.11 bits per heavy atom. The van der Waals surface area contributed by atoms with Gasteiger partial charge in [-0.05, 0) is 61.1 Å². The molecule has 0 bridgehead atoms. The van der Waals surface area contributed by atoms with Crippen molar-refractivity contribution >= 4 is 0 Å². The molecule has 0 amide bonds. The summed E-state index contributed by atoms with van der Waals surface area (Å²) in [5, 5.41) is 10.4. The van der Waals surface area contributed by atoms with Crippen molar-refractivity contribution in [1.29, 1.82) is 0 Å². The molecule has 2 aromatic carbocycles. The second-order valence-electron chi connectivity index (χ2n) is 7.81. The average Bonchev–Trinajstić information content (AvgIpc) is 3.15. The third-order valence-electron chi connectivity index (χ3n) is 5.62. The van der Waals surface area contributed by atoms with Crippen LogP contribution in [0, 0.1) is 5.82 Å². The lowest BCUT2D eigenvalue weighted by Crippen LogP contribution is -2.35. The molecule has 5 heteroatoms. The van der Waals surface area contributed by atoms with Crippen LogP contribution in [0.15, 0.2) is 48.5 Å². The molecule has 0 saturated carbocycles. The summed E-state index contributed by atoms with van der Waals surface area (Å²) in [5.41, 5.74) is 2.64. The van der Waals surface area contributed by atoms with Crippen molar-refractivity contribution in [3.05, 3.63) is 65.5 Å². The Bertz CT molecular complexity index is 767. The Balaban J connectivity index is 1.22. The largest absolute Gasteiger partial charge is 0.489 e. The number of aliphatic hydroxyl groups excluding tert-OH is 1. The molecule has 1 saturated heterocycles. The number of rotatable bonds is 7. The molecule has 1 aliphatic heterocycles. The quantitative estimate of drug-likeness (QED) is 0.789. The first-order valence-electron chi connectivity index (χ1n) is 10.2. The number of benzene rings is 2. The Kier molecular flexibility index (Phi) is 6.25. The molecule has 1 N–H and O–H groups in total. The van der Waals surface area contributed by atoms with Crippen LogP contribution in [0.3, 0.4) is 0 Å². The Morgan fingerprint density at radius 3 is 2.79 bits per heavy atom. The molecule has 150 valence electrons. The zero-order valence-electron chi connectivity index (χ0n) is 16.1. The minimum absolute atomic E-state index is 0.0730. The maximum atomic E-state index is 13.0. The van der Waals surface area contributed by atoms with E-state index in [9.17, 15) is 9.50 Å². The lowest BCUT2D eigenvalue weighted by atomic mass is 9.89. The van der Waals surface area contributed by atoms with Crippen molar-refractivity contribution in [1.82, 2.24) is 4.90 Å². The monoisotopic (exact) mass is 385 g/mol.